The van der Waals surface area contributed by atoms with Gasteiger partial charge >= 0.3 is 7.60 Å². The first-order valence-corrected chi connectivity index (χ1v) is 11.2. The first-order chi connectivity index (χ1) is 12.6. The Morgan fingerprint density at radius 3 is 2.27 bits per heavy atom. The van der Waals surface area contributed by atoms with Gasteiger partial charge in [-0.1, -0.05) is 54.2 Å². The average molecular weight is 390 g/mol. The highest BCUT2D eigenvalue weighted by Crippen LogP contribution is 2.69. The van der Waals surface area contributed by atoms with Gasteiger partial charge in [0.25, 0.3) is 0 Å². The summed E-state index contributed by atoms with van der Waals surface area (Å²) in [5, 5.41) is 0. The molecule has 1 atom stereocenters. The van der Waals surface area contributed by atoms with Gasteiger partial charge in [-0.25, -0.2) is 0 Å². The highest BCUT2D eigenvalue weighted by Gasteiger charge is 2.59. The zero-order valence-corrected chi connectivity index (χ0v) is 16.7. The Morgan fingerprint density at radius 1 is 1.00 bits per heavy atom. The van der Waals surface area contributed by atoms with Gasteiger partial charge in [0, 0.05) is 10.5 Å². The van der Waals surface area contributed by atoms with Gasteiger partial charge in [-0.15, -0.1) is 0 Å². The molecule has 2 aromatic rings. The number of carbonyl (C=O) groups is 1. The van der Waals surface area contributed by atoms with Crippen LogP contribution >= 0.6 is 19.4 Å². The lowest BCUT2D eigenvalue weighted by atomic mass is 9.90. The lowest BCUT2D eigenvalue weighted by Gasteiger charge is -2.40. The van der Waals surface area contributed by atoms with Crippen molar-refractivity contribution in [1.29, 1.82) is 0 Å². The molecule has 0 fully saturated rings. The van der Waals surface area contributed by atoms with E-state index in [1.807, 2.05) is 48.5 Å². The highest BCUT2D eigenvalue weighted by atomic mass is 32.2. The fourth-order valence-electron chi connectivity index (χ4n) is 3.27. The number of benzene rings is 2. The maximum absolute atomic E-state index is 13.8. The van der Waals surface area contributed by atoms with E-state index in [1.54, 1.807) is 19.9 Å². The summed E-state index contributed by atoms with van der Waals surface area (Å²) in [5.74, 6) is -0.168. The Bertz CT molecular complexity index is 814. The van der Waals surface area contributed by atoms with Gasteiger partial charge in [-0.3, -0.25) is 9.36 Å². The third kappa shape index (κ3) is 3.41. The summed E-state index contributed by atoms with van der Waals surface area (Å²) < 4.78 is 23.9. The minimum atomic E-state index is -3.69. The molecule has 0 bridgehead atoms. The predicted molar refractivity (Wildman–Crippen MR) is 105 cm³/mol. The van der Waals surface area contributed by atoms with Gasteiger partial charge in [-0.2, -0.15) is 0 Å². The highest BCUT2D eigenvalue weighted by molar-refractivity contribution is 8.07. The molecule has 1 aliphatic rings. The van der Waals surface area contributed by atoms with E-state index in [2.05, 4.69) is 0 Å². The third-order valence-corrected chi connectivity index (χ3v) is 9.11. The van der Waals surface area contributed by atoms with Crippen LogP contribution in [0.3, 0.4) is 0 Å². The lowest BCUT2D eigenvalue weighted by Crippen LogP contribution is -2.41. The molecular formula is C20H23O4PS. The number of hydrogen-bond donors (Lipinski definition) is 0. The van der Waals surface area contributed by atoms with E-state index in [1.165, 1.54) is 11.8 Å². The molecule has 0 aliphatic heterocycles. The molecule has 4 nitrogen and oxygen atoms in total. The Morgan fingerprint density at radius 2 is 1.62 bits per heavy atom. The van der Waals surface area contributed by atoms with E-state index in [4.69, 9.17) is 9.05 Å². The van der Waals surface area contributed by atoms with Crippen molar-refractivity contribution in [3.8, 4) is 0 Å². The largest absolute Gasteiger partial charge is 0.354 e. The summed E-state index contributed by atoms with van der Waals surface area (Å²) >= 11 is 1.31. The monoisotopic (exact) mass is 390 g/mol. The zero-order chi connectivity index (χ0) is 18.6. The van der Waals surface area contributed by atoms with Crippen molar-refractivity contribution < 1.29 is 18.4 Å². The average Bonchev–Trinajstić information content (AvgIpc) is 2.65. The topological polar surface area (TPSA) is 52.6 Å². The second-order valence-electron chi connectivity index (χ2n) is 6.02. The van der Waals surface area contributed by atoms with Crippen molar-refractivity contribution in [2.75, 3.05) is 13.2 Å². The van der Waals surface area contributed by atoms with Crippen LogP contribution in [-0.2, 0) is 20.0 Å². The number of thioether (sulfide) groups is 1. The summed E-state index contributed by atoms with van der Waals surface area (Å²) in [6.45, 7) is 3.99. The maximum atomic E-state index is 13.8. The molecule has 0 saturated heterocycles. The molecule has 3 rings (SSSR count). The fraction of sp³-hybridized carbons (Fsp3) is 0.350. The Kier molecular flexibility index (Phi) is 6.03. The lowest BCUT2D eigenvalue weighted by molar-refractivity contribution is 0.0938. The van der Waals surface area contributed by atoms with E-state index in [9.17, 15) is 9.36 Å². The molecule has 0 heterocycles. The van der Waals surface area contributed by atoms with Gasteiger partial charge in [0.05, 0.1) is 13.2 Å². The number of aryl methyl sites for hydroxylation is 1. The molecule has 0 unspecified atom stereocenters. The van der Waals surface area contributed by atoms with Crippen molar-refractivity contribution in [3.05, 3.63) is 65.7 Å². The number of ketones is 1. The molecule has 0 radical (unpaired) electrons. The van der Waals surface area contributed by atoms with Crippen LogP contribution in [0.5, 0.6) is 0 Å². The predicted octanol–water partition coefficient (Wildman–Crippen LogP) is 5.57. The summed E-state index contributed by atoms with van der Waals surface area (Å²) in [4.78, 5) is 14.5. The Hall–Kier alpha value is -1.39. The van der Waals surface area contributed by atoms with E-state index in [0.29, 0.717) is 18.4 Å². The maximum Gasteiger partial charge on any atom is 0.354 e. The van der Waals surface area contributed by atoms with Crippen molar-refractivity contribution in [2.24, 2.45) is 0 Å². The van der Waals surface area contributed by atoms with E-state index in [-0.39, 0.29) is 19.0 Å². The zero-order valence-electron chi connectivity index (χ0n) is 15.0. The fourth-order valence-corrected chi connectivity index (χ4v) is 7.37. The van der Waals surface area contributed by atoms with Gasteiger partial charge in [0.2, 0.25) is 0 Å². The molecule has 0 aromatic heterocycles. The molecule has 0 N–H and O–H groups in total. The van der Waals surface area contributed by atoms with Crippen LogP contribution in [0.25, 0.3) is 0 Å². The second kappa shape index (κ2) is 8.10. The number of Topliss-reactive ketones (excluding diaryl/α,β-unsaturated/α-hetero) is 1. The number of rotatable bonds is 7. The van der Waals surface area contributed by atoms with Crippen LogP contribution in [0.4, 0.5) is 0 Å². The number of carbonyl (C=O) groups excluding carboxylic acids is 1. The minimum Gasteiger partial charge on any atom is -0.308 e. The van der Waals surface area contributed by atoms with Gasteiger partial charge < -0.3 is 9.05 Å². The van der Waals surface area contributed by atoms with Gasteiger partial charge in [0.1, 0.15) is 0 Å². The van der Waals surface area contributed by atoms with Crippen LogP contribution in [0.2, 0.25) is 0 Å². The quantitative estimate of drug-likeness (QED) is 0.579. The molecule has 26 heavy (non-hydrogen) atoms. The number of fused-ring (bicyclic) bond motifs is 1. The first-order valence-electron chi connectivity index (χ1n) is 8.82. The molecule has 0 saturated carbocycles. The van der Waals surface area contributed by atoms with E-state index < -0.39 is 12.1 Å². The van der Waals surface area contributed by atoms with Crippen molar-refractivity contribution in [2.45, 2.75) is 36.1 Å². The summed E-state index contributed by atoms with van der Waals surface area (Å²) in [6.07, 6.45) is 1.07. The standard InChI is InChI=1S/C20H23O4PS/c1-3-23-25(22,24-4-2)20(26-17-11-6-5-7-12-17)15-14-16-10-8-9-13-18(16)19(20)21/h5-13H,3-4,14-15H2,1-2H3/t20-/m1/s1. The SMILES string of the molecule is CCOP(=O)(OCC)[C@@]1(Sc2ccccc2)CCc2ccccc2C1=O. The molecule has 6 heteroatoms. The van der Waals surface area contributed by atoms with Crippen molar-refractivity contribution >= 4 is 25.1 Å². The van der Waals surface area contributed by atoms with Crippen molar-refractivity contribution in [1.82, 2.24) is 0 Å². The van der Waals surface area contributed by atoms with E-state index >= 15 is 0 Å². The van der Waals surface area contributed by atoms with Crippen molar-refractivity contribution in [3.63, 3.8) is 0 Å². The molecular weight excluding hydrogens is 367 g/mol. The van der Waals surface area contributed by atoms with Crippen LogP contribution in [0.1, 0.15) is 36.2 Å². The van der Waals surface area contributed by atoms with Crippen LogP contribution in [-0.4, -0.2) is 23.5 Å². The summed E-state index contributed by atoms with van der Waals surface area (Å²) in [6, 6.07) is 17.1. The van der Waals surface area contributed by atoms with Gasteiger partial charge in [-0.05, 0) is 44.4 Å². The molecule has 2 aromatic carbocycles. The molecule has 138 valence electrons. The van der Waals surface area contributed by atoms with Crippen LogP contribution in [0, 0.1) is 0 Å². The summed E-state index contributed by atoms with van der Waals surface area (Å²) in [5.41, 5.74) is 1.60. The second-order valence-corrected chi connectivity index (χ2v) is 9.97. The Labute approximate surface area is 158 Å². The summed E-state index contributed by atoms with van der Waals surface area (Å²) in [7, 11) is -3.69. The first kappa shape index (κ1) is 19.4. The van der Waals surface area contributed by atoms with E-state index in [0.717, 1.165) is 10.5 Å². The van der Waals surface area contributed by atoms with Crippen LogP contribution < -0.4 is 0 Å². The normalized spacial score (nSPS) is 20.0. The molecule has 0 amide bonds. The minimum absolute atomic E-state index is 0.168. The third-order valence-electron chi connectivity index (χ3n) is 4.42. The molecule has 1 aliphatic carbocycles. The Balaban J connectivity index is 2.14. The van der Waals surface area contributed by atoms with Crippen LogP contribution in [0.15, 0.2) is 59.5 Å². The molecule has 0 spiro atoms. The smallest absolute Gasteiger partial charge is 0.308 e. The van der Waals surface area contributed by atoms with Gasteiger partial charge in [0.15, 0.2) is 10.3 Å². The number of hydrogen-bond acceptors (Lipinski definition) is 5.